The summed E-state index contributed by atoms with van der Waals surface area (Å²) in [6.07, 6.45) is 3.46. The molecule has 1 aromatic carbocycles. The van der Waals surface area contributed by atoms with Crippen molar-refractivity contribution in [2.24, 2.45) is 5.73 Å². The average molecular weight is 266 g/mol. The van der Waals surface area contributed by atoms with Crippen molar-refractivity contribution in [3.8, 4) is 0 Å². The number of anilines is 1. The molecule has 0 aliphatic heterocycles. The second-order valence-corrected chi connectivity index (χ2v) is 4.81. The van der Waals surface area contributed by atoms with Crippen LogP contribution in [0.5, 0.6) is 0 Å². The fourth-order valence-corrected chi connectivity index (χ4v) is 2.06. The van der Waals surface area contributed by atoms with Crippen molar-refractivity contribution in [1.29, 1.82) is 0 Å². The summed E-state index contributed by atoms with van der Waals surface area (Å²) in [6, 6.07) is 6.09. The maximum Gasteiger partial charge on any atom is 0.104 e. The fraction of sp³-hybridized carbons (Fsp3) is 0.500. The van der Waals surface area contributed by atoms with Gasteiger partial charge in [-0.15, -0.1) is 0 Å². The number of nitrogens with one attached hydrogen (secondary N) is 1. The number of unbranched alkanes of at least 4 members (excludes halogenated alkanes) is 2. The zero-order valence-electron chi connectivity index (χ0n) is 11.2. The Kier molecular flexibility index (Phi) is 6.68. The van der Waals surface area contributed by atoms with E-state index in [0.29, 0.717) is 4.99 Å². The highest BCUT2D eigenvalue weighted by Crippen LogP contribution is 2.15. The zero-order chi connectivity index (χ0) is 13.4. The van der Waals surface area contributed by atoms with Crippen molar-refractivity contribution in [1.82, 2.24) is 0 Å². The number of hydrogen-bond acceptors (Lipinski definition) is 3. The van der Waals surface area contributed by atoms with E-state index in [1.54, 1.807) is 7.11 Å². The molecular weight excluding hydrogens is 244 g/mol. The average Bonchev–Trinajstić information content (AvgIpc) is 2.33. The number of benzene rings is 1. The summed E-state index contributed by atoms with van der Waals surface area (Å²) >= 11 is 4.99. The van der Waals surface area contributed by atoms with Crippen LogP contribution in [-0.4, -0.2) is 25.2 Å². The Morgan fingerprint density at radius 2 is 2.11 bits per heavy atom. The summed E-state index contributed by atoms with van der Waals surface area (Å²) in [4.78, 5) is 0.457. The molecule has 3 N–H and O–H groups in total. The lowest BCUT2D eigenvalue weighted by molar-refractivity contribution is 0.192. The maximum absolute atomic E-state index is 5.63. The van der Waals surface area contributed by atoms with Crippen LogP contribution in [0, 0.1) is 6.92 Å². The summed E-state index contributed by atoms with van der Waals surface area (Å²) in [5.74, 6) is 0. The molecule has 0 amide bonds. The first-order valence-electron chi connectivity index (χ1n) is 6.28. The molecule has 3 nitrogen and oxygen atoms in total. The van der Waals surface area contributed by atoms with E-state index >= 15 is 0 Å². The van der Waals surface area contributed by atoms with Gasteiger partial charge < -0.3 is 15.8 Å². The van der Waals surface area contributed by atoms with Crippen molar-refractivity contribution in [3.05, 3.63) is 29.3 Å². The lowest BCUT2D eigenvalue weighted by Crippen LogP contribution is -2.11. The van der Waals surface area contributed by atoms with Crippen molar-refractivity contribution < 1.29 is 4.74 Å². The van der Waals surface area contributed by atoms with Gasteiger partial charge in [-0.25, -0.2) is 0 Å². The largest absolute Gasteiger partial charge is 0.389 e. The third kappa shape index (κ3) is 5.02. The molecule has 0 aliphatic carbocycles. The van der Waals surface area contributed by atoms with E-state index in [1.807, 2.05) is 19.1 Å². The molecule has 0 unspecified atom stereocenters. The predicted octanol–water partition coefficient (Wildman–Crippen LogP) is 2.86. The third-order valence-electron chi connectivity index (χ3n) is 2.85. The minimum atomic E-state index is 0.457. The molecular formula is C14H22N2OS. The van der Waals surface area contributed by atoms with Crippen molar-refractivity contribution in [3.63, 3.8) is 0 Å². The van der Waals surface area contributed by atoms with E-state index in [1.165, 1.54) is 6.42 Å². The Bertz CT molecular complexity index is 393. The van der Waals surface area contributed by atoms with Crippen molar-refractivity contribution >= 4 is 22.9 Å². The van der Waals surface area contributed by atoms with E-state index in [-0.39, 0.29) is 0 Å². The number of ether oxygens (including phenoxy) is 1. The third-order valence-corrected chi connectivity index (χ3v) is 3.07. The smallest absolute Gasteiger partial charge is 0.104 e. The van der Waals surface area contributed by atoms with Gasteiger partial charge >= 0.3 is 0 Å². The van der Waals surface area contributed by atoms with Gasteiger partial charge in [-0.05, 0) is 49.9 Å². The highest BCUT2D eigenvalue weighted by atomic mass is 32.1. The first kappa shape index (κ1) is 14.9. The Morgan fingerprint density at radius 1 is 1.33 bits per heavy atom. The van der Waals surface area contributed by atoms with Gasteiger partial charge in [0.25, 0.3) is 0 Å². The van der Waals surface area contributed by atoms with Crippen LogP contribution in [0.1, 0.15) is 30.4 Å². The normalized spacial score (nSPS) is 10.3. The molecule has 0 fully saturated rings. The van der Waals surface area contributed by atoms with Gasteiger partial charge in [-0.2, -0.15) is 0 Å². The molecule has 0 saturated carbocycles. The number of methoxy groups -OCH3 is 1. The molecule has 18 heavy (non-hydrogen) atoms. The second kappa shape index (κ2) is 8.06. The van der Waals surface area contributed by atoms with Gasteiger partial charge in [0.05, 0.1) is 0 Å². The number of aryl methyl sites for hydroxylation is 1. The monoisotopic (exact) mass is 266 g/mol. The topological polar surface area (TPSA) is 47.3 Å². The number of thiocarbonyl (C=S) groups is 1. The quantitative estimate of drug-likeness (QED) is 0.561. The Morgan fingerprint density at radius 3 is 2.72 bits per heavy atom. The van der Waals surface area contributed by atoms with Gasteiger partial charge in [-0.3, -0.25) is 0 Å². The van der Waals surface area contributed by atoms with Crippen LogP contribution in [0.2, 0.25) is 0 Å². The molecule has 0 bridgehead atoms. The lowest BCUT2D eigenvalue weighted by Gasteiger charge is -2.09. The Balaban J connectivity index is 2.35. The molecule has 0 atom stereocenters. The lowest BCUT2D eigenvalue weighted by atomic mass is 10.1. The van der Waals surface area contributed by atoms with Gasteiger partial charge in [0, 0.05) is 31.5 Å². The van der Waals surface area contributed by atoms with Crippen LogP contribution in [0.15, 0.2) is 18.2 Å². The Labute approximate surface area is 115 Å². The van der Waals surface area contributed by atoms with Crippen LogP contribution in [0.4, 0.5) is 5.69 Å². The molecule has 0 aliphatic rings. The molecule has 0 radical (unpaired) electrons. The summed E-state index contributed by atoms with van der Waals surface area (Å²) in [5, 5.41) is 3.40. The van der Waals surface area contributed by atoms with Gasteiger partial charge in [0.2, 0.25) is 0 Å². The minimum absolute atomic E-state index is 0.457. The first-order valence-corrected chi connectivity index (χ1v) is 6.69. The number of nitrogens with two attached hydrogens (primary N) is 1. The van der Waals surface area contributed by atoms with Crippen molar-refractivity contribution in [2.75, 3.05) is 25.6 Å². The molecule has 0 heterocycles. The van der Waals surface area contributed by atoms with E-state index in [0.717, 1.165) is 42.8 Å². The number of hydrogen-bond donors (Lipinski definition) is 2. The summed E-state index contributed by atoms with van der Waals surface area (Å²) in [5.41, 5.74) is 8.83. The van der Waals surface area contributed by atoms with E-state index in [9.17, 15) is 0 Å². The number of rotatable bonds is 8. The maximum atomic E-state index is 5.63. The summed E-state index contributed by atoms with van der Waals surface area (Å²) in [7, 11) is 1.74. The zero-order valence-corrected chi connectivity index (χ0v) is 12.0. The molecule has 100 valence electrons. The van der Waals surface area contributed by atoms with E-state index < -0.39 is 0 Å². The Hall–Kier alpha value is -1.13. The first-order chi connectivity index (χ1) is 8.65. The fourth-order valence-electron chi connectivity index (χ4n) is 1.83. The van der Waals surface area contributed by atoms with Gasteiger partial charge in [0.15, 0.2) is 0 Å². The SMILES string of the molecule is COCCCCCNc1ccc(C(N)=S)c(C)c1. The predicted molar refractivity (Wildman–Crippen MR) is 81.3 cm³/mol. The van der Waals surface area contributed by atoms with Crippen LogP contribution in [-0.2, 0) is 4.74 Å². The van der Waals surface area contributed by atoms with Crippen LogP contribution < -0.4 is 11.1 Å². The van der Waals surface area contributed by atoms with Crippen LogP contribution in [0.25, 0.3) is 0 Å². The molecule has 4 heteroatoms. The standard InChI is InChI=1S/C14H22N2OS/c1-11-10-12(6-7-13(11)14(15)18)16-8-4-3-5-9-17-2/h6-7,10,16H,3-5,8-9H2,1-2H3,(H2,15,18). The highest BCUT2D eigenvalue weighted by Gasteiger charge is 2.02. The summed E-state index contributed by atoms with van der Waals surface area (Å²) in [6.45, 7) is 3.86. The minimum Gasteiger partial charge on any atom is -0.389 e. The second-order valence-electron chi connectivity index (χ2n) is 4.37. The van der Waals surface area contributed by atoms with E-state index in [4.69, 9.17) is 22.7 Å². The molecule has 0 saturated heterocycles. The summed E-state index contributed by atoms with van der Waals surface area (Å²) < 4.78 is 5.01. The molecule has 0 aromatic heterocycles. The highest BCUT2D eigenvalue weighted by molar-refractivity contribution is 7.80. The molecule has 1 rings (SSSR count). The van der Waals surface area contributed by atoms with Crippen LogP contribution >= 0.6 is 12.2 Å². The van der Waals surface area contributed by atoms with E-state index in [2.05, 4.69) is 11.4 Å². The molecule has 0 spiro atoms. The van der Waals surface area contributed by atoms with Gasteiger partial charge in [-0.1, -0.05) is 12.2 Å². The van der Waals surface area contributed by atoms with Crippen LogP contribution in [0.3, 0.4) is 0 Å². The van der Waals surface area contributed by atoms with Crippen molar-refractivity contribution in [2.45, 2.75) is 26.2 Å². The van der Waals surface area contributed by atoms with Gasteiger partial charge in [0.1, 0.15) is 4.99 Å². The molecule has 1 aromatic rings.